The average molecular weight is 1610 g/mol. The van der Waals surface area contributed by atoms with E-state index in [-0.39, 0.29) is 18.9 Å². The Morgan fingerprint density at radius 3 is 0.947 bits per heavy atom. The molecule has 0 aromatic carbocycles. The van der Waals surface area contributed by atoms with E-state index in [2.05, 4.69) is 129 Å². The summed E-state index contributed by atoms with van der Waals surface area (Å²) in [6.45, 7) is 1.72. The predicted octanol–water partition coefficient (Wildman–Crippen LogP) is 18.0. The maximum Gasteiger partial charge on any atom is 0.220 e. The number of ether oxygens (including phenoxy) is 6. The maximum absolute atomic E-state index is 13.6. The van der Waals surface area contributed by atoms with Crippen molar-refractivity contribution in [3.8, 4) is 0 Å². The van der Waals surface area contributed by atoms with Crippen molar-refractivity contribution in [1.82, 2.24) is 5.32 Å². The molecule has 0 aromatic rings. The third kappa shape index (κ3) is 51.2. The van der Waals surface area contributed by atoms with E-state index in [1.54, 1.807) is 0 Å². The second-order valence-corrected chi connectivity index (χ2v) is 32.4. The lowest BCUT2D eigenvalue weighted by Crippen LogP contribution is -2.66. The number of nitrogens with one attached hydrogen (secondary N) is 1. The molecule has 3 saturated heterocycles. The first-order chi connectivity index (χ1) is 55.8. The molecule has 3 rings (SSSR count). The number of allylic oxidation sites excluding steroid dienone is 18. The van der Waals surface area contributed by atoms with Gasteiger partial charge in [-0.2, -0.15) is 0 Å². The summed E-state index contributed by atoms with van der Waals surface area (Å²) in [5, 5.41) is 121. The Bertz CT molecular complexity index is 2480. The third-order valence-corrected chi connectivity index (χ3v) is 22.4. The van der Waals surface area contributed by atoms with Crippen molar-refractivity contribution in [1.29, 1.82) is 0 Å². The van der Waals surface area contributed by atoms with E-state index in [0.29, 0.717) is 12.8 Å². The first-order valence-electron chi connectivity index (χ1n) is 46.1. The fourth-order valence-corrected chi connectivity index (χ4v) is 15.1. The highest BCUT2D eigenvalue weighted by atomic mass is 16.8. The predicted molar refractivity (Wildman–Crippen MR) is 461 cm³/mol. The Balaban J connectivity index is 1.33. The third-order valence-electron chi connectivity index (χ3n) is 22.4. The van der Waals surface area contributed by atoms with E-state index in [4.69, 9.17) is 28.4 Å². The number of aliphatic hydroxyl groups is 11. The van der Waals surface area contributed by atoms with Crippen LogP contribution in [0.4, 0.5) is 0 Å². The quantitative estimate of drug-likeness (QED) is 0.0199. The van der Waals surface area contributed by atoms with Crippen LogP contribution in [0, 0.1) is 0 Å². The molecule has 0 radical (unpaired) electrons. The molecule has 0 saturated carbocycles. The standard InChI is InChI=1S/C95H167NO18/c1-3-5-7-9-11-13-15-17-19-21-23-25-27-29-31-33-35-37-38-39-40-41-43-45-47-49-51-53-55-57-59-61-63-65-67-69-71-73-83(101)96-78(79(100)72-70-68-66-64-62-60-58-56-54-52-50-48-46-44-42-36-34-32-30-28-26-24-22-20-18-16-14-12-10-8-6-4-2)77-109-93-89(107)86(104)91(81(75-98)111-93)114-95-90(108)87(105)92(82(76-99)112-95)113-94-88(106)85(103)84(102)80(74-97)110-94/h5,7,11,13,17,19,23,25,29,31,35,37,39-40,43,45,49,51,78-82,84-95,97-100,102-108H,3-4,6,8-10,12,14-16,18,20-22,24,26-28,30,32-34,36,38,41-42,44,46-48,50,52-77H2,1-2H3,(H,96,101)/b7-5-,13-11-,19-17-,25-23-,31-29-,37-35-,40-39-,45-43-,51-49-. The molecule has 0 aliphatic carbocycles. The van der Waals surface area contributed by atoms with Crippen LogP contribution in [0.25, 0.3) is 0 Å². The second kappa shape index (κ2) is 73.4. The van der Waals surface area contributed by atoms with Crippen LogP contribution in [0.15, 0.2) is 109 Å². The number of hydrogen-bond donors (Lipinski definition) is 12. The Morgan fingerprint density at radius 1 is 0.325 bits per heavy atom. The van der Waals surface area contributed by atoms with Crippen molar-refractivity contribution in [3.63, 3.8) is 0 Å². The number of rotatable bonds is 74. The van der Waals surface area contributed by atoms with Crippen molar-refractivity contribution in [2.45, 2.75) is 458 Å². The number of hydrogen-bond acceptors (Lipinski definition) is 18. The van der Waals surface area contributed by atoms with E-state index in [1.165, 1.54) is 205 Å². The van der Waals surface area contributed by atoms with Gasteiger partial charge < -0.3 is 89.9 Å². The molecular formula is C95H167NO18. The van der Waals surface area contributed by atoms with Crippen molar-refractivity contribution in [2.24, 2.45) is 0 Å². The molecule has 0 aromatic heterocycles. The van der Waals surface area contributed by atoms with Gasteiger partial charge >= 0.3 is 0 Å². The minimum Gasteiger partial charge on any atom is -0.394 e. The van der Waals surface area contributed by atoms with Crippen LogP contribution in [0.3, 0.4) is 0 Å². The largest absolute Gasteiger partial charge is 0.394 e. The molecule has 0 spiro atoms. The summed E-state index contributed by atoms with van der Waals surface area (Å²) in [4.78, 5) is 13.6. The summed E-state index contributed by atoms with van der Waals surface area (Å²) in [7, 11) is 0. The Labute approximate surface area is 691 Å². The van der Waals surface area contributed by atoms with Crippen molar-refractivity contribution < 1.29 is 89.4 Å². The van der Waals surface area contributed by atoms with Gasteiger partial charge in [-0.3, -0.25) is 4.79 Å². The van der Waals surface area contributed by atoms with Gasteiger partial charge in [-0.05, 0) is 83.5 Å². The molecule has 17 unspecified atom stereocenters. The van der Waals surface area contributed by atoms with Crippen LogP contribution >= 0.6 is 0 Å². The summed E-state index contributed by atoms with van der Waals surface area (Å²) < 4.78 is 34.6. The topological polar surface area (TPSA) is 307 Å². The number of carbonyl (C=O) groups is 1. The number of unbranched alkanes of at least 4 members (excludes halogenated alkanes) is 40. The summed E-state index contributed by atoms with van der Waals surface area (Å²) in [6.07, 6.45) is 76.2. The molecule has 19 heteroatoms. The molecule has 1 amide bonds. The minimum absolute atomic E-state index is 0.249. The van der Waals surface area contributed by atoms with Gasteiger partial charge in [0.1, 0.15) is 73.2 Å². The number of aliphatic hydroxyl groups excluding tert-OH is 11. The zero-order chi connectivity index (χ0) is 82.4. The second-order valence-electron chi connectivity index (χ2n) is 32.4. The van der Waals surface area contributed by atoms with E-state index in [1.807, 2.05) is 0 Å². The van der Waals surface area contributed by atoms with Crippen LogP contribution in [0.1, 0.15) is 354 Å². The highest BCUT2D eigenvalue weighted by Gasteiger charge is 2.54. The van der Waals surface area contributed by atoms with Gasteiger partial charge in [-0.15, -0.1) is 0 Å². The highest BCUT2D eigenvalue weighted by Crippen LogP contribution is 2.34. The van der Waals surface area contributed by atoms with E-state index < -0.39 is 124 Å². The summed E-state index contributed by atoms with van der Waals surface area (Å²) in [5.74, 6) is -0.249. The maximum atomic E-state index is 13.6. The molecule has 19 nitrogen and oxygen atoms in total. The van der Waals surface area contributed by atoms with Crippen LogP contribution in [-0.2, 0) is 33.2 Å². The zero-order valence-electron chi connectivity index (χ0n) is 71.3. The van der Waals surface area contributed by atoms with Crippen molar-refractivity contribution in [3.05, 3.63) is 109 Å². The van der Waals surface area contributed by atoms with Crippen LogP contribution in [-0.4, -0.2) is 193 Å². The average Bonchev–Trinajstić information content (AvgIpc) is 0.777. The van der Waals surface area contributed by atoms with Crippen LogP contribution in [0.2, 0.25) is 0 Å². The first kappa shape index (κ1) is 105. The van der Waals surface area contributed by atoms with Gasteiger partial charge in [0.05, 0.1) is 38.6 Å². The monoisotopic (exact) mass is 1610 g/mol. The molecular weight excluding hydrogens is 1440 g/mol. The van der Waals surface area contributed by atoms with E-state index >= 15 is 0 Å². The number of amides is 1. The molecule has 3 fully saturated rings. The molecule has 114 heavy (non-hydrogen) atoms. The molecule has 3 aliphatic rings. The summed E-state index contributed by atoms with van der Waals surface area (Å²) >= 11 is 0. The molecule has 3 heterocycles. The van der Waals surface area contributed by atoms with Crippen LogP contribution < -0.4 is 5.32 Å². The van der Waals surface area contributed by atoms with Crippen molar-refractivity contribution >= 4 is 5.91 Å². The number of carbonyl (C=O) groups excluding carboxylic acids is 1. The zero-order valence-corrected chi connectivity index (χ0v) is 71.3. The fraction of sp³-hybridized carbons (Fsp3) is 0.800. The minimum atomic E-state index is -1.98. The van der Waals surface area contributed by atoms with Gasteiger partial charge in [0.25, 0.3) is 0 Å². The fourth-order valence-electron chi connectivity index (χ4n) is 15.1. The molecule has 17 atom stereocenters. The molecule has 0 bridgehead atoms. The van der Waals surface area contributed by atoms with Crippen molar-refractivity contribution in [2.75, 3.05) is 26.4 Å². The lowest BCUT2D eigenvalue weighted by atomic mass is 9.96. The van der Waals surface area contributed by atoms with Gasteiger partial charge in [0.2, 0.25) is 5.91 Å². The molecule has 12 N–H and O–H groups in total. The lowest BCUT2D eigenvalue weighted by molar-refractivity contribution is -0.379. The van der Waals surface area contributed by atoms with Crippen LogP contribution in [0.5, 0.6) is 0 Å². The van der Waals surface area contributed by atoms with E-state index in [9.17, 15) is 61.0 Å². The van der Waals surface area contributed by atoms with Gasteiger partial charge in [0.15, 0.2) is 18.9 Å². The Kier molecular flexibility index (Phi) is 67.4. The van der Waals surface area contributed by atoms with Gasteiger partial charge in [-0.25, -0.2) is 0 Å². The normalized spacial score (nSPS) is 25.2. The molecule has 660 valence electrons. The molecule has 3 aliphatic heterocycles. The van der Waals surface area contributed by atoms with E-state index in [0.717, 1.165) is 116 Å². The summed E-state index contributed by atoms with van der Waals surface area (Å²) in [5.41, 5.74) is 0. The first-order valence-corrected chi connectivity index (χ1v) is 46.1. The SMILES string of the molecule is CC/C=C\C/C=C\C/C=C\C/C=C\C/C=C\C/C=C\C/C=C\C/C=C\C/C=C\CCCCCCCCCCCC(=O)NC(COC1OC(CO)C(OC2OC(CO)C(OC3OC(CO)C(O)C(O)C3O)C(O)C2O)C(O)C1O)C(O)CCCCCCCCCCCCCCCCCCCCCCCCCCCCCCCCCC. The highest BCUT2D eigenvalue weighted by molar-refractivity contribution is 5.76. The lowest BCUT2D eigenvalue weighted by Gasteiger charge is -2.48. The summed E-state index contributed by atoms with van der Waals surface area (Å²) in [6, 6.07) is -0.901. The smallest absolute Gasteiger partial charge is 0.220 e. The van der Waals surface area contributed by atoms with Gasteiger partial charge in [-0.1, -0.05) is 374 Å². The Hall–Kier alpha value is -3.55. The van der Waals surface area contributed by atoms with Gasteiger partial charge in [0, 0.05) is 6.42 Å². The Morgan fingerprint density at radius 2 is 0.605 bits per heavy atom.